The Morgan fingerprint density at radius 2 is 2.08 bits per heavy atom. The fourth-order valence-corrected chi connectivity index (χ4v) is 3.06. The number of aromatic nitrogens is 2. The molecule has 134 valence electrons. The number of benzene rings is 1. The van der Waals surface area contributed by atoms with Crippen molar-refractivity contribution in [3.63, 3.8) is 0 Å². The van der Waals surface area contributed by atoms with Crippen LogP contribution in [-0.4, -0.2) is 39.2 Å². The Morgan fingerprint density at radius 3 is 2.76 bits per heavy atom. The summed E-state index contributed by atoms with van der Waals surface area (Å²) in [4.78, 5) is 14.3. The number of halogens is 3. The summed E-state index contributed by atoms with van der Waals surface area (Å²) in [6, 6.07) is 6.44. The summed E-state index contributed by atoms with van der Waals surface area (Å²) in [7, 11) is 0. The molecule has 2 atom stereocenters. The van der Waals surface area contributed by atoms with Crippen LogP contribution in [0.4, 0.5) is 13.2 Å². The van der Waals surface area contributed by atoms with Crippen LogP contribution in [-0.2, 0) is 6.18 Å². The normalized spacial score (nSPS) is 21.4. The van der Waals surface area contributed by atoms with Crippen molar-refractivity contribution in [2.75, 3.05) is 6.54 Å². The smallest absolute Gasteiger partial charge is 0.334 e. The molecule has 2 aromatic rings. The van der Waals surface area contributed by atoms with Crippen LogP contribution in [0.5, 0.6) is 0 Å². The first-order chi connectivity index (χ1) is 11.8. The number of piperidine rings is 1. The van der Waals surface area contributed by atoms with E-state index in [-0.39, 0.29) is 29.4 Å². The molecule has 0 unspecified atom stereocenters. The third kappa shape index (κ3) is 3.68. The summed E-state index contributed by atoms with van der Waals surface area (Å²) in [5, 5.41) is 4.16. The molecule has 3 rings (SSSR count). The van der Waals surface area contributed by atoms with E-state index in [1.165, 1.54) is 29.1 Å². The molecule has 2 N–H and O–H groups in total. The number of nitrogens with zero attached hydrogens (tertiary/aromatic N) is 3. The van der Waals surface area contributed by atoms with Gasteiger partial charge in [-0.05, 0) is 44.0 Å². The van der Waals surface area contributed by atoms with Crippen LogP contribution in [0.1, 0.15) is 35.8 Å². The van der Waals surface area contributed by atoms with Gasteiger partial charge >= 0.3 is 6.18 Å². The Morgan fingerprint density at radius 1 is 1.32 bits per heavy atom. The molecule has 1 saturated heterocycles. The number of hydrogen-bond acceptors (Lipinski definition) is 3. The van der Waals surface area contributed by atoms with Crippen molar-refractivity contribution in [2.24, 2.45) is 5.73 Å². The molecule has 0 bridgehead atoms. The number of nitrogens with two attached hydrogens (primary N) is 1. The van der Waals surface area contributed by atoms with Crippen LogP contribution in [0.3, 0.4) is 0 Å². The molecule has 1 aromatic carbocycles. The summed E-state index contributed by atoms with van der Waals surface area (Å²) in [5.41, 5.74) is 5.61. The van der Waals surface area contributed by atoms with Crippen LogP contribution >= 0.6 is 0 Å². The molecule has 1 aliphatic rings. The van der Waals surface area contributed by atoms with Crippen molar-refractivity contribution in [3.8, 4) is 5.69 Å². The average molecular weight is 352 g/mol. The van der Waals surface area contributed by atoms with E-state index in [9.17, 15) is 18.0 Å². The van der Waals surface area contributed by atoms with Crippen LogP contribution in [0.25, 0.3) is 5.69 Å². The highest BCUT2D eigenvalue weighted by atomic mass is 19.4. The van der Waals surface area contributed by atoms with Crippen molar-refractivity contribution >= 4 is 5.91 Å². The van der Waals surface area contributed by atoms with Crippen molar-refractivity contribution in [1.29, 1.82) is 0 Å². The van der Waals surface area contributed by atoms with E-state index in [4.69, 9.17) is 5.73 Å². The lowest BCUT2D eigenvalue weighted by molar-refractivity contribution is -0.137. The highest BCUT2D eigenvalue weighted by molar-refractivity contribution is 5.92. The first kappa shape index (κ1) is 17.5. The highest BCUT2D eigenvalue weighted by Crippen LogP contribution is 2.30. The van der Waals surface area contributed by atoms with Gasteiger partial charge < -0.3 is 10.6 Å². The summed E-state index contributed by atoms with van der Waals surface area (Å²) in [6.45, 7) is 2.48. The maximum Gasteiger partial charge on any atom is 0.416 e. The number of hydrogen-bond donors (Lipinski definition) is 1. The van der Waals surface area contributed by atoms with Gasteiger partial charge in [-0.1, -0.05) is 6.07 Å². The van der Waals surface area contributed by atoms with Crippen molar-refractivity contribution in [1.82, 2.24) is 14.7 Å². The number of rotatable bonds is 2. The van der Waals surface area contributed by atoms with Crippen molar-refractivity contribution < 1.29 is 18.0 Å². The molecule has 1 amide bonds. The molecule has 0 radical (unpaired) electrons. The lowest BCUT2D eigenvalue weighted by Crippen LogP contribution is -2.48. The third-order valence-electron chi connectivity index (χ3n) is 4.42. The Labute approximate surface area is 143 Å². The number of alkyl halides is 3. The quantitative estimate of drug-likeness (QED) is 0.904. The first-order valence-corrected chi connectivity index (χ1v) is 8.05. The van der Waals surface area contributed by atoms with E-state index in [1.807, 2.05) is 6.92 Å². The van der Waals surface area contributed by atoms with Gasteiger partial charge in [-0.3, -0.25) is 4.79 Å². The lowest BCUT2D eigenvalue weighted by atomic mass is 9.99. The zero-order chi connectivity index (χ0) is 18.2. The molecule has 2 heterocycles. The Balaban J connectivity index is 1.82. The Kier molecular flexibility index (Phi) is 4.55. The second-order valence-corrected chi connectivity index (χ2v) is 6.33. The molecule has 0 aliphatic carbocycles. The van der Waals surface area contributed by atoms with Crippen LogP contribution in [0.2, 0.25) is 0 Å². The molecule has 1 aliphatic heterocycles. The summed E-state index contributed by atoms with van der Waals surface area (Å²) >= 11 is 0. The third-order valence-corrected chi connectivity index (χ3v) is 4.42. The second kappa shape index (κ2) is 6.51. The number of likely N-dealkylation sites (tertiary alicyclic amines) is 1. The van der Waals surface area contributed by atoms with Crippen LogP contribution in [0.15, 0.2) is 36.5 Å². The number of carbonyl (C=O) groups excluding carboxylic acids is 1. The minimum absolute atomic E-state index is 0.00922. The van der Waals surface area contributed by atoms with Gasteiger partial charge in [0, 0.05) is 24.8 Å². The standard InChI is InChI=1S/C17H19F3N4O/c1-11-9-13(21)5-7-23(11)16(25)15-6-8-24(22-15)14-4-2-3-12(10-14)17(18,19)20/h2-4,6,8,10-11,13H,5,7,9,21H2,1H3/t11-,13-/m0/s1. The van der Waals surface area contributed by atoms with Crippen molar-refractivity contribution in [2.45, 2.75) is 38.0 Å². The largest absolute Gasteiger partial charge is 0.416 e. The van der Waals surface area contributed by atoms with E-state index in [2.05, 4.69) is 5.10 Å². The van der Waals surface area contributed by atoms with E-state index >= 15 is 0 Å². The van der Waals surface area contributed by atoms with Gasteiger partial charge in [-0.15, -0.1) is 0 Å². The van der Waals surface area contributed by atoms with Gasteiger partial charge in [-0.25, -0.2) is 4.68 Å². The van der Waals surface area contributed by atoms with Crippen molar-refractivity contribution in [3.05, 3.63) is 47.8 Å². The molecule has 8 heteroatoms. The fraction of sp³-hybridized carbons (Fsp3) is 0.412. The fourth-order valence-electron chi connectivity index (χ4n) is 3.06. The zero-order valence-electron chi connectivity index (χ0n) is 13.7. The van der Waals surface area contributed by atoms with Crippen LogP contribution < -0.4 is 5.73 Å². The average Bonchev–Trinajstić information content (AvgIpc) is 3.04. The molecule has 0 spiro atoms. The Hall–Kier alpha value is -2.35. The predicted molar refractivity (Wildman–Crippen MR) is 86.3 cm³/mol. The molecular formula is C17H19F3N4O. The summed E-state index contributed by atoms with van der Waals surface area (Å²) in [6.07, 6.45) is -1.49. The molecule has 1 aromatic heterocycles. The number of amides is 1. The van der Waals surface area contributed by atoms with E-state index < -0.39 is 11.7 Å². The topological polar surface area (TPSA) is 64.2 Å². The lowest BCUT2D eigenvalue weighted by Gasteiger charge is -2.35. The minimum Gasteiger partial charge on any atom is -0.334 e. The van der Waals surface area contributed by atoms with Gasteiger partial charge in [0.15, 0.2) is 5.69 Å². The van der Waals surface area contributed by atoms with Gasteiger partial charge in [0.25, 0.3) is 5.91 Å². The first-order valence-electron chi connectivity index (χ1n) is 8.05. The molecule has 0 saturated carbocycles. The van der Waals surface area contributed by atoms with Gasteiger partial charge in [0.05, 0.1) is 11.3 Å². The second-order valence-electron chi connectivity index (χ2n) is 6.33. The monoisotopic (exact) mass is 352 g/mol. The summed E-state index contributed by atoms with van der Waals surface area (Å²) in [5.74, 6) is -0.231. The maximum atomic E-state index is 12.8. The van der Waals surface area contributed by atoms with E-state index in [0.717, 1.165) is 25.0 Å². The van der Waals surface area contributed by atoms with E-state index in [0.29, 0.717) is 6.54 Å². The zero-order valence-corrected chi connectivity index (χ0v) is 13.7. The van der Waals surface area contributed by atoms with Gasteiger partial charge in [-0.2, -0.15) is 18.3 Å². The van der Waals surface area contributed by atoms with Gasteiger partial charge in [0.1, 0.15) is 0 Å². The minimum atomic E-state index is -4.43. The Bertz CT molecular complexity index is 771. The number of carbonyl (C=O) groups is 1. The molecule has 1 fully saturated rings. The SMILES string of the molecule is C[C@H]1C[C@@H](N)CCN1C(=O)c1ccn(-c2cccc(C(F)(F)F)c2)n1. The summed E-state index contributed by atoms with van der Waals surface area (Å²) < 4.78 is 39.8. The van der Waals surface area contributed by atoms with Gasteiger partial charge in [0.2, 0.25) is 0 Å². The molecule has 5 nitrogen and oxygen atoms in total. The van der Waals surface area contributed by atoms with E-state index in [1.54, 1.807) is 4.90 Å². The predicted octanol–water partition coefficient (Wildman–Crippen LogP) is 2.84. The highest BCUT2D eigenvalue weighted by Gasteiger charge is 2.31. The van der Waals surface area contributed by atoms with Crippen LogP contribution in [0, 0.1) is 0 Å². The molecular weight excluding hydrogens is 333 g/mol. The maximum absolute atomic E-state index is 12.8. The molecule has 25 heavy (non-hydrogen) atoms.